The second-order valence-corrected chi connectivity index (χ2v) is 17.6. The van der Waals surface area contributed by atoms with E-state index in [0.29, 0.717) is 32.2 Å². The van der Waals surface area contributed by atoms with Crippen LogP contribution in [0.4, 0.5) is 0 Å². The smallest absolute Gasteiger partial charge is 0.240 e. The predicted octanol–water partition coefficient (Wildman–Crippen LogP) is 5.63. The maximum atomic E-state index is 14.6. The van der Waals surface area contributed by atoms with Gasteiger partial charge in [-0.05, 0) is 80.7 Å². The van der Waals surface area contributed by atoms with Crippen molar-refractivity contribution < 1.29 is 9.59 Å². The summed E-state index contributed by atoms with van der Waals surface area (Å²) in [4.78, 5) is 31.2. The highest BCUT2D eigenvalue weighted by molar-refractivity contribution is 5.90. The lowest BCUT2D eigenvalue weighted by molar-refractivity contribution is -0.134. The third-order valence-electron chi connectivity index (χ3n) is 9.00. The van der Waals surface area contributed by atoms with Gasteiger partial charge < -0.3 is 28.3 Å². The highest BCUT2D eigenvalue weighted by Gasteiger charge is 2.40. The molecule has 0 aliphatic heterocycles. The maximum Gasteiger partial charge on any atom is 0.240 e. The van der Waals surface area contributed by atoms with E-state index in [0.717, 1.165) is 11.1 Å². The first-order valence-corrected chi connectivity index (χ1v) is 16.9. The molecule has 2 aromatic carbocycles. The van der Waals surface area contributed by atoms with Gasteiger partial charge in [0.25, 0.3) is 0 Å². The summed E-state index contributed by atoms with van der Waals surface area (Å²) in [6.07, 6.45) is 1.57. The van der Waals surface area contributed by atoms with Gasteiger partial charge in [-0.3, -0.25) is 14.6 Å². The first kappa shape index (κ1) is 39.8. The van der Waals surface area contributed by atoms with Gasteiger partial charge in [-0.1, -0.05) is 119 Å². The van der Waals surface area contributed by atoms with Crippen LogP contribution in [-0.2, 0) is 44.1 Å². The molecular formula is C39H64N6O2. The van der Waals surface area contributed by atoms with Crippen molar-refractivity contribution in [2.24, 2.45) is 33.3 Å². The Morgan fingerprint density at radius 1 is 0.660 bits per heavy atom. The van der Waals surface area contributed by atoms with Gasteiger partial charge in [0.15, 0.2) is 5.96 Å². The van der Waals surface area contributed by atoms with Crippen LogP contribution in [0.5, 0.6) is 0 Å². The van der Waals surface area contributed by atoms with Gasteiger partial charge in [0.1, 0.15) is 6.04 Å². The lowest BCUT2D eigenvalue weighted by atomic mass is 9.71. The Hall–Kier alpha value is -3.39. The van der Waals surface area contributed by atoms with E-state index < -0.39 is 17.4 Å². The number of amides is 2. The van der Waals surface area contributed by atoms with E-state index in [9.17, 15) is 9.59 Å². The van der Waals surface area contributed by atoms with E-state index in [4.69, 9.17) is 22.9 Å². The summed E-state index contributed by atoms with van der Waals surface area (Å²) < 4.78 is 0. The Morgan fingerprint density at radius 2 is 1.02 bits per heavy atom. The fourth-order valence-corrected chi connectivity index (χ4v) is 5.66. The second-order valence-electron chi connectivity index (χ2n) is 17.6. The van der Waals surface area contributed by atoms with E-state index in [2.05, 4.69) is 130 Å². The van der Waals surface area contributed by atoms with Crippen molar-refractivity contribution >= 4 is 17.8 Å². The molecule has 262 valence electrons. The standard InChI is InChI=1S/C39H64N6O2/c1-35(2,3)27-16-25(17-28(20-27)36(4,5)6)22-39(24-40,33(47)45-31(32(41)46)14-13-15-44-34(42)43)23-26-18-29(37(7,8)9)21-30(19-26)38(10,11)12/h16-21,31H,13-15,22-24,40H2,1-12H3,(H2,41,46)(H,45,47)(H4,42,43,44)/t31-/m0/s1. The quantitative estimate of drug-likeness (QED) is 0.114. The Morgan fingerprint density at radius 3 is 1.30 bits per heavy atom. The SMILES string of the molecule is CC(C)(C)c1cc(CC(CN)(Cc2cc(C(C)(C)C)cc(C(C)(C)C)c2)C(=O)N[C@@H](CCCN=C(N)N)C(N)=O)cc(C(C)(C)C)c1. The Labute approximate surface area is 284 Å². The molecule has 2 amide bonds. The number of primary amides is 1. The summed E-state index contributed by atoms with van der Waals surface area (Å²) in [5, 5.41) is 3.01. The van der Waals surface area contributed by atoms with Crippen LogP contribution in [0.15, 0.2) is 41.4 Å². The molecule has 0 spiro atoms. The lowest BCUT2D eigenvalue weighted by Crippen LogP contribution is -2.54. The number of nitrogens with two attached hydrogens (primary N) is 4. The fourth-order valence-electron chi connectivity index (χ4n) is 5.66. The van der Waals surface area contributed by atoms with Gasteiger partial charge in [0.05, 0.1) is 5.41 Å². The number of carbonyl (C=O) groups excluding carboxylic acids is 2. The molecule has 9 N–H and O–H groups in total. The summed E-state index contributed by atoms with van der Waals surface area (Å²) in [6, 6.07) is 12.5. The molecule has 8 heteroatoms. The fraction of sp³-hybridized carbons (Fsp3) is 0.615. The van der Waals surface area contributed by atoms with Crippen LogP contribution in [-0.4, -0.2) is 36.9 Å². The highest BCUT2D eigenvalue weighted by Crippen LogP contribution is 2.37. The minimum Gasteiger partial charge on any atom is -0.370 e. The van der Waals surface area contributed by atoms with E-state index in [1.807, 2.05) is 0 Å². The monoisotopic (exact) mass is 649 g/mol. The van der Waals surface area contributed by atoms with Crippen molar-refractivity contribution in [2.75, 3.05) is 13.1 Å². The molecule has 0 aliphatic rings. The minimum absolute atomic E-state index is 0.0222. The Bertz CT molecular complexity index is 1290. The zero-order chi connectivity index (χ0) is 36.2. The van der Waals surface area contributed by atoms with Gasteiger partial charge >= 0.3 is 0 Å². The van der Waals surface area contributed by atoms with Crippen molar-refractivity contribution in [1.29, 1.82) is 0 Å². The van der Waals surface area contributed by atoms with Crippen molar-refractivity contribution in [3.8, 4) is 0 Å². The van der Waals surface area contributed by atoms with Gasteiger partial charge in [-0.2, -0.15) is 0 Å². The molecule has 0 saturated carbocycles. The minimum atomic E-state index is -1.06. The van der Waals surface area contributed by atoms with Crippen LogP contribution in [0, 0.1) is 5.41 Å². The Balaban J connectivity index is 2.78. The van der Waals surface area contributed by atoms with Gasteiger partial charge in [-0.25, -0.2) is 0 Å². The van der Waals surface area contributed by atoms with Gasteiger partial charge in [0, 0.05) is 13.1 Å². The topological polar surface area (TPSA) is 163 Å². The molecule has 0 heterocycles. The number of hydrogen-bond acceptors (Lipinski definition) is 4. The third-order valence-corrected chi connectivity index (χ3v) is 9.00. The summed E-state index contributed by atoms with van der Waals surface area (Å²) in [5.41, 5.74) is 28.9. The van der Waals surface area contributed by atoms with E-state index in [-0.39, 0.29) is 40.1 Å². The molecule has 1 atom stereocenters. The zero-order valence-electron chi connectivity index (χ0n) is 31.4. The van der Waals surface area contributed by atoms with Crippen molar-refractivity contribution in [3.63, 3.8) is 0 Å². The summed E-state index contributed by atoms with van der Waals surface area (Å²) >= 11 is 0. The zero-order valence-corrected chi connectivity index (χ0v) is 31.4. The van der Waals surface area contributed by atoms with Crippen LogP contribution in [0.25, 0.3) is 0 Å². The molecule has 0 bridgehead atoms. The molecule has 0 unspecified atom stereocenters. The van der Waals surface area contributed by atoms with E-state index in [1.54, 1.807) is 0 Å². The average molecular weight is 649 g/mol. The molecule has 0 radical (unpaired) electrons. The number of carbonyl (C=O) groups is 2. The summed E-state index contributed by atoms with van der Waals surface area (Å²) in [5.74, 6) is -0.919. The van der Waals surface area contributed by atoms with Crippen LogP contribution in [0.2, 0.25) is 0 Å². The molecule has 8 nitrogen and oxygen atoms in total. The molecular weight excluding hydrogens is 584 g/mol. The maximum absolute atomic E-state index is 14.6. The third kappa shape index (κ3) is 11.4. The van der Waals surface area contributed by atoms with Gasteiger partial charge in [0.2, 0.25) is 11.8 Å². The number of nitrogens with zero attached hydrogens (tertiary/aromatic N) is 1. The number of rotatable bonds is 12. The summed E-state index contributed by atoms with van der Waals surface area (Å²) in [6.45, 7) is 26.8. The molecule has 0 fully saturated rings. The number of guanidine groups is 1. The normalized spacial score (nSPS) is 13.6. The largest absolute Gasteiger partial charge is 0.370 e. The molecule has 0 aromatic heterocycles. The van der Waals surface area contributed by atoms with Crippen molar-refractivity contribution in [2.45, 2.75) is 136 Å². The lowest BCUT2D eigenvalue weighted by Gasteiger charge is -2.35. The number of benzene rings is 2. The first-order chi connectivity index (χ1) is 21.3. The predicted molar refractivity (Wildman–Crippen MR) is 198 cm³/mol. The van der Waals surface area contributed by atoms with Crippen LogP contribution >= 0.6 is 0 Å². The number of nitrogens with one attached hydrogen (secondary N) is 1. The van der Waals surface area contributed by atoms with Crippen LogP contribution in [0.1, 0.15) is 129 Å². The van der Waals surface area contributed by atoms with Crippen molar-refractivity contribution in [1.82, 2.24) is 5.32 Å². The Kier molecular flexibility index (Phi) is 12.5. The van der Waals surface area contributed by atoms with Gasteiger partial charge in [-0.15, -0.1) is 0 Å². The molecule has 2 rings (SSSR count). The van der Waals surface area contributed by atoms with Crippen LogP contribution < -0.4 is 28.3 Å². The molecule has 0 saturated heterocycles. The first-order valence-electron chi connectivity index (χ1n) is 16.9. The second kappa shape index (κ2) is 14.8. The van der Waals surface area contributed by atoms with E-state index in [1.165, 1.54) is 22.3 Å². The molecule has 0 aliphatic carbocycles. The van der Waals surface area contributed by atoms with Crippen molar-refractivity contribution in [3.05, 3.63) is 69.8 Å². The highest BCUT2D eigenvalue weighted by atomic mass is 16.2. The molecule has 47 heavy (non-hydrogen) atoms. The number of hydrogen-bond donors (Lipinski definition) is 5. The summed E-state index contributed by atoms with van der Waals surface area (Å²) in [7, 11) is 0. The van der Waals surface area contributed by atoms with Crippen LogP contribution in [0.3, 0.4) is 0 Å². The number of aliphatic imine (C=N–C) groups is 1. The average Bonchev–Trinajstić information content (AvgIpc) is 2.91. The molecule has 2 aromatic rings. The van der Waals surface area contributed by atoms with E-state index >= 15 is 0 Å².